The molecular formula is C22H20ClN5O2. The van der Waals surface area contributed by atoms with Crippen LogP contribution in [0.15, 0.2) is 53.3 Å². The van der Waals surface area contributed by atoms with Crippen molar-refractivity contribution in [1.29, 1.82) is 0 Å². The minimum atomic E-state index is -0.418. The van der Waals surface area contributed by atoms with Gasteiger partial charge in [-0.1, -0.05) is 35.9 Å². The molecule has 1 N–H and O–H groups in total. The van der Waals surface area contributed by atoms with E-state index in [0.29, 0.717) is 21.8 Å². The lowest BCUT2D eigenvalue weighted by Crippen LogP contribution is -2.30. The molecule has 0 bridgehead atoms. The van der Waals surface area contributed by atoms with Crippen LogP contribution in [0.2, 0.25) is 5.02 Å². The summed E-state index contributed by atoms with van der Waals surface area (Å²) in [6.07, 6.45) is 0. The molecule has 30 heavy (non-hydrogen) atoms. The highest BCUT2D eigenvalue weighted by Crippen LogP contribution is 2.23. The van der Waals surface area contributed by atoms with Gasteiger partial charge in [0.1, 0.15) is 6.54 Å². The maximum Gasteiger partial charge on any atom is 0.295 e. The number of carbonyl (C=O) groups excluding carboxylic acids is 1. The van der Waals surface area contributed by atoms with E-state index < -0.39 is 11.5 Å². The number of aryl methyl sites for hydroxylation is 3. The van der Waals surface area contributed by atoms with Crippen molar-refractivity contribution < 1.29 is 4.79 Å². The van der Waals surface area contributed by atoms with Gasteiger partial charge >= 0.3 is 0 Å². The Morgan fingerprint density at radius 1 is 1.07 bits per heavy atom. The monoisotopic (exact) mass is 421 g/mol. The van der Waals surface area contributed by atoms with Crippen LogP contribution in [0, 0.1) is 20.8 Å². The maximum atomic E-state index is 13.0. The van der Waals surface area contributed by atoms with E-state index in [0.717, 1.165) is 21.6 Å². The molecular weight excluding hydrogens is 402 g/mol. The molecule has 1 amide bonds. The number of benzene rings is 2. The van der Waals surface area contributed by atoms with Gasteiger partial charge in [-0.2, -0.15) is 10.2 Å². The number of carbonyl (C=O) groups is 1. The fourth-order valence-electron chi connectivity index (χ4n) is 3.46. The van der Waals surface area contributed by atoms with Crippen molar-refractivity contribution in [2.24, 2.45) is 0 Å². The Bertz CT molecular complexity index is 1330. The smallest absolute Gasteiger partial charge is 0.295 e. The van der Waals surface area contributed by atoms with E-state index in [2.05, 4.69) is 15.5 Å². The number of aromatic nitrogens is 4. The lowest BCUT2D eigenvalue weighted by Gasteiger charge is -2.09. The quantitative estimate of drug-likeness (QED) is 0.543. The number of nitrogens with one attached hydrogen (secondary N) is 1. The molecule has 0 fully saturated rings. The Labute approximate surface area is 177 Å². The molecule has 7 nitrogen and oxygen atoms in total. The maximum absolute atomic E-state index is 13.0. The molecule has 2 aromatic heterocycles. The number of amides is 1. The van der Waals surface area contributed by atoms with Crippen molar-refractivity contribution in [3.8, 4) is 5.69 Å². The summed E-state index contributed by atoms with van der Waals surface area (Å²) >= 11 is 6.18. The van der Waals surface area contributed by atoms with Gasteiger partial charge in [0.2, 0.25) is 5.91 Å². The van der Waals surface area contributed by atoms with Crippen molar-refractivity contribution in [3.05, 3.63) is 80.9 Å². The zero-order chi connectivity index (χ0) is 21.4. The minimum absolute atomic E-state index is 0.239. The third kappa shape index (κ3) is 3.59. The molecule has 0 saturated heterocycles. The predicted molar refractivity (Wildman–Crippen MR) is 117 cm³/mol. The van der Waals surface area contributed by atoms with Crippen molar-refractivity contribution in [3.63, 3.8) is 0 Å². The van der Waals surface area contributed by atoms with Crippen LogP contribution in [0.3, 0.4) is 0 Å². The number of fused-ring (bicyclic) bond motifs is 1. The van der Waals surface area contributed by atoms with Gasteiger partial charge in [-0.15, -0.1) is 0 Å². The van der Waals surface area contributed by atoms with E-state index in [9.17, 15) is 9.59 Å². The molecule has 0 saturated carbocycles. The first-order valence-electron chi connectivity index (χ1n) is 9.43. The first-order valence-corrected chi connectivity index (χ1v) is 9.81. The van der Waals surface area contributed by atoms with Crippen LogP contribution in [0.25, 0.3) is 16.6 Å². The summed E-state index contributed by atoms with van der Waals surface area (Å²) in [5, 5.41) is 12.7. The van der Waals surface area contributed by atoms with Crippen LogP contribution in [-0.4, -0.2) is 25.5 Å². The van der Waals surface area contributed by atoms with E-state index in [1.54, 1.807) is 23.7 Å². The zero-order valence-electron chi connectivity index (χ0n) is 16.8. The van der Waals surface area contributed by atoms with E-state index in [-0.39, 0.29) is 12.1 Å². The number of anilines is 1. The third-order valence-electron chi connectivity index (χ3n) is 4.88. The molecule has 2 aromatic carbocycles. The Morgan fingerprint density at radius 2 is 1.80 bits per heavy atom. The fourth-order valence-corrected chi connectivity index (χ4v) is 3.74. The van der Waals surface area contributed by atoms with E-state index in [4.69, 9.17) is 11.6 Å². The summed E-state index contributed by atoms with van der Waals surface area (Å²) in [6, 6.07) is 14.9. The van der Waals surface area contributed by atoms with Crippen molar-refractivity contribution in [2.75, 3.05) is 5.32 Å². The fraction of sp³-hybridized carbons (Fsp3) is 0.182. The number of hydrogen-bond donors (Lipinski definition) is 1. The van der Waals surface area contributed by atoms with Crippen LogP contribution >= 0.6 is 11.6 Å². The van der Waals surface area contributed by atoms with E-state index in [1.165, 1.54) is 0 Å². The van der Waals surface area contributed by atoms with Crippen LogP contribution in [0.1, 0.15) is 17.0 Å². The largest absolute Gasteiger partial charge is 0.323 e. The van der Waals surface area contributed by atoms with Crippen LogP contribution in [0.5, 0.6) is 0 Å². The number of hydrogen-bond acceptors (Lipinski definition) is 4. The zero-order valence-corrected chi connectivity index (χ0v) is 17.6. The van der Waals surface area contributed by atoms with Crippen LogP contribution in [0.4, 0.5) is 5.69 Å². The Hall–Kier alpha value is -3.45. The molecule has 0 aliphatic carbocycles. The second-order valence-electron chi connectivity index (χ2n) is 7.14. The Morgan fingerprint density at radius 3 is 2.50 bits per heavy atom. The van der Waals surface area contributed by atoms with Gasteiger partial charge in [0, 0.05) is 0 Å². The standard InChI is InChI=1S/C22H20ClN5O2/c1-13-9-10-18(17(23)11-13)24-19(29)12-27-22(30)21-20(14(2)25-27)15(3)28(26-21)16-7-5-4-6-8-16/h4-11H,12H2,1-3H3,(H,24,29). The summed E-state index contributed by atoms with van der Waals surface area (Å²) in [6.45, 7) is 5.37. The topological polar surface area (TPSA) is 81.8 Å². The summed E-state index contributed by atoms with van der Waals surface area (Å²) < 4.78 is 2.86. The second-order valence-corrected chi connectivity index (χ2v) is 7.54. The van der Waals surface area contributed by atoms with Crippen LogP contribution < -0.4 is 10.9 Å². The molecule has 0 spiro atoms. The minimum Gasteiger partial charge on any atom is -0.323 e. The van der Waals surface area contributed by atoms with Crippen molar-refractivity contribution >= 4 is 34.1 Å². The highest BCUT2D eigenvalue weighted by molar-refractivity contribution is 6.33. The lowest BCUT2D eigenvalue weighted by atomic mass is 10.2. The molecule has 0 radical (unpaired) electrons. The molecule has 4 aromatic rings. The van der Waals surface area contributed by atoms with Gasteiger partial charge in [-0.3, -0.25) is 9.59 Å². The first-order chi connectivity index (χ1) is 14.3. The van der Waals surface area contributed by atoms with Gasteiger partial charge in [-0.05, 0) is 50.6 Å². The number of halogens is 1. The van der Waals surface area contributed by atoms with Crippen molar-refractivity contribution in [1.82, 2.24) is 19.6 Å². The Kier molecular flexibility index (Phi) is 5.13. The molecule has 0 aliphatic heterocycles. The van der Waals surface area contributed by atoms with E-state index in [1.807, 2.05) is 50.2 Å². The molecule has 0 atom stereocenters. The summed E-state index contributed by atoms with van der Waals surface area (Å²) in [5.41, 5.74) is 3.64. The molecule has 8 heteroatoms. The van der Waals surface area contributed by atoms with Gasteiger partial charge in [0.05, 0.1) is 33.2 Å². The molecule has 4 rings (SSSR count). The molecule has 152 valence electrons. The number of rotatable bonds is 4. The average Bonchev–Trinajstić information content (AvgIpc) is 3.07. The number of nitrogens with zero attached hydrogens (tertiary/aromatic N) is 4. The second kappa shape index (κ2) is 7.76. The first kappa shape index (κ1) is 19.8. The SMILES string of the molecule is Cc1ccc(NC(=O)Cn2nc(C)c3c(C)n(-c4ccccc4)nc3c2=O)c(Cl)c1. The van der Waals surface area contributed by atoms with Crippen LogP contribution in [-0.2, 0) is 11.3 Å². The van der Waals surface area contributed by atoms with Gasteiger partial charge in [0.15, 0.2) is 5.52 Å². The summed E-state index contributed by atoms with van der Waals surface area (Å²) in [7, 11) is 0. The van der Waals surface area contributed by atoms with Gasteiger partial charge in [0.25, 0.3) is 5.56 Å². The lowest BCUT2D eigenvalue weighted by molar-refractivity contribution is -0.117. The normalized spacial score (nSPS) is 11.1. The summed E-state index contributed by atoms with van der Waals surface area (Å²) in [5.74, 6) is -0.395. The molecule has 2 heterocycles. The number of para-hydroxylation sites is 1. The molecule has 0 unspecified atom stereocenters. The van der Waals surface area contributed by atoms with Gasteiger partial charge < -0.3 is 5.32 Å². The van der Waals surface area contributed by atoms with Gasteiger partial charge in [-0.25, -0.2) is 9.36 Å². The third-order valence-corrected chi connectivity index (χ3v) is 5.19. The predicted octanol–water partition coefficient (Wildman–Crippen LogP) is 3.80. The average molecular weight is 422 g/mol. The summed E-state index contributed by atoms with van der Waals surface area (Å²) in [4.78, 5) is 25.5. The van der Waals surface area contributed by atoms with Crippen molar-refractivity contribution in [2.45, 2.75) is 27.3 Å². The molecule has 0 aliphatic rings. The highest BCUT2D eigenvalue weighted by atomic mass is 35.5. The Balaban J connectivity index is 1.69. The highest BCUT2D eigenvalue weighted by Gasteiger charge is 2.18. The van der Waals surface area contributed by atoms with E-state index >= 15 is 0 Å².